The van der Waals surface area contributed by atoms with Crippen molar-refractivity contribution in [2.24, 2.45) is 5.92 Å². The standard InChI is InChI=1S/C32H45N7O3S2.ClH/c1-6-22(15-30(43)44)26(20(2)39(19-40)18-23-17-36-21(3)37-31(23)33)16-29(41)32(42)35-14-13-34-27-11-7-10-25-24(27)9-8-12-28(25)38(4)5;/h7-12,17,19,22,29-30,34,41,43-44H,6,13-16,18H2,1-5H3,(H,35,42)(H2,33,36,37);1H. The molecule has 0 aliphatic carbocycles. The van der Waals surface area contributed by atoms with E-state index < -0.39 is 12.0 Å². The van der Waals surface area contributed by atoms with Crippen LogP contribution in [0.25, 0.3) is 10.8 Å². The summed E-state index contributed by atoms with van der Waals surface area (Å²) in [5, 5.41) is 19.5. The normalized spacial score (nSPS) is 13.0. The second-order valence-corrected chi connectivity index (χ2v) is 12.7. The Morgan fingerprint density at radius 3 is 2.44 bits per heavy atom. The van der Waals surface area contributed by atoms with Crippen molar-refractivity contribution in [3.63, 3.8) is 0 Å². The first-order valence-electron chi connectivity index (χ1n) is 14.7. The number of rotatable bonds is 16. The van der Waals surface area contributed by atoms with E-state index in [0.717, 1.165) is 27.7 Å². The van der Waals surface area contributed by atoms with Gasteiger partial charge in [0.25, 0.3) is 0 Å². The average Bonchev–Trinajstić information content (AvgIpc) is 2.99. The number of aliphatic hydroxyl groups is 1. The van der Waals surface area contributed by atoms with E-state index in [0.29, 0.717) is 55.2 Å². The number of hydrogen-bond donors (Lipinski definition) is 6. The number of nitrogens with zero attached hydrogens (tertiary/aromatic N) is 4. The maximum absolute atomic E-state index is 13.0. The Morgan fingerprint density at radius 2 is 1.82 bits per heavy atom. The van der Waals surface area contributed by atoms with Crippen LogP contribution in [0.15, 0.2) is 53.9 Å². The number of nitrogens with one attached hydrogen (secondary N) is 2. The van der Waals surface area contributed by atoms with E-state index >= 15 is 0 Å². The smallest absolute Gasteiger partial charge is 0.249 e. The Bertz CT molecular complexity index is 1470. The number of anilines is 3. The van der Waals surface area contributed by atoms with E-state index in [1.807, 2.05) is 46.1 Å². The minimum Gasteiger partial charge on any atom is -0.383 e. The molecule has 1 heterocycles. The number of halogens is 1. The Hall–Kier alpha value is -3.19. The SMILES string of the molecule is CCC(CC(S)S)C(CC(O)C(=O)NCCNc1cccc2c(N(C)C)cccc12)=C(C)N(C=O)Cc1cnc(C)nc1N.Cl. The molecule has 0 saturated heterocycles. The van der Waals surface area contributed by atoms with Crippen molar-refractivity contribution < 1.29 is 14.7 Å². The molecular formula is C32H46ClN7O3S2. The number of carbonyl (C=O) groups is 2. The van der Waals surface area contributed by atoms with Gasteiger partial charge in [-0.05, 0) is 50.3 Å². The molecule has 2 aromatic carbocycles. The third kappa shape index (κ3) is 10.4. The van der Waals surface area contributed by atoms with Crippen molar-refractivity contribution in [3.8, 4) is 0 Å². The lowest BCUT2D eigenvalue weighted by Gasteiger charge is -2.29. The first kappa shape index (κ1) is 38.0. The molecular weight excluding hydrogens is 630 g/mol. The maximum Gasteiger partial charge on any atom is 0.249 e. The summed E-state index contributed by atoms with van der Waals surface area (Å²) in [6.07, 6.45) is 2.37. The van der Waals surface area contributed by atoms with Crippen LogP contribution >= 0.6 is 37.7 Å². The molecule has 246 valence electrons. The van der Waals surface area contributed by atoms with Crippen LogP contribution in [0, 0.1) is 12.8 Å². The van der Waals surface area contributed by atoms with Crippen molar-refractivity contribution in [2.45, 2.75) is 57.3 Å². The van der Waals surface area contributed by atoms with Gasteiger partial charge in [0.05, 0.1) is 6.54 Å². The van der Waals surface area contributed by atoms with Crippen molar-refractivity contribution in [3.05, 3.63) is 65.3 Å². The van der Waals surface area contributed by atoms with Gasteiger partial charge in [-0.3, -0.25) is 9.59 Å². The summed E-state index contributed by atoms with van der Waals surface area (Å²) in [4.78, 5) is 37.2. The molecule has 10 nitrogen and oxygen atoms in total. The van der Waals surface area contributed by atoms with Crippen molar-refractivity contribution >= 4 is 77.9 Å². The van der Waals surface area contributed by atoms with Crippen LogP contribution in [0.4, 0.5) is 17.2 Å². The average molecular weight is 676 g/mol. The van der Waals surface area contributed by atoms with E-state index in [2.05, 4.69) is 69.0 Å². The lowest BCUT2D eigenvalue weighted by molar-refractivity contribution is -0.129. The zero-order chi connectivity index (χ0) is 32.4. The first-order valence-corrected chi connectivity index (χ1v) is 15.7. The number of aryl methyl sites for hydroxylation is 1. The maximum atomic E-state index is 13.0. The van der Waals surface area contributed by atoms with Gasteiger partial charge in [-0.2, -0.15) is 25.3 Å². The second-order valence-electron chi connectivity index (χ2n) is 11.0. The number of nitrogen functional groups attached to an aromatic ring is 1. The van der Waals surface area contributed by atoms with Gasteiger partial charge in [0.15, 0.2) is 0 Å². The number of fused-ring (bicyclic) bond motifs is 1. The molecule has 0 aliphatic heterocycles. The van der Waals surface area contributed by atoms with Gasteiger partial charge in [0.2, 0.25) is 12.3 Å². The van der Waals surface area contributed by atoms with Gasteiger partial charge in [-0.25, -0.2) is 9.97 Å². The molecule has 3 aromatic rings. The quantitative estimate of drug-likeness (QED) is 0.0551. The number of thiol groups is 2. The third-order valence-corrected chi connectivity index (χ3v) is 8.12. The number of aliphatic hydroxyl groups excluding tert-OH is 1. The highest BCUT2D eigenvalue weighted by molar-refractivity contribution is 7.99. The predicted molar refractivity (Wildman–Crippen MR) is 193 cm³/mol. The summed E-state index contributed by atoms with van der Waals surface area (Å²) in [6.45, 7) is 6.52. The van der Waals surface area contributed by atoms with Crippen LogP contribution in [0.3, 0.4) is 0 Å². The number of allylic oxidation sites excluding steroid dienone is 1. The van der Waals surface area contributed by atoms with Crippen molar-refractivity contribution in [1.29, 1.82) is 0 Å². The number of amides is 2. The van der Waals surface area contributed by atoms with E-state index in [-0.39, 0.29) is 35.9 Å². The fourth-order valence-electron chi connectivity index (χ4n) is 5.30. The number of nitrogens with two attached hydrogens (primary N) is 1. The second kappa shape index (κ2) is 18.1. The summed E-state index contributed by atoms with van der Waals surface area (Å²) < 4.78 is -0.214. The lowest BCUT2D eigenvalue weighted by Crippen LogP contribution is -2.38. The molecule has 3 rings (SSSR count). The fraction of sp³-hybridized carbons (Fsp3) is 0.438. The van der Waals surface area contributed by atoms with E-state index in [1.165, 1.54) is 4.90 Å². The van der Waals surface area contributed by atoms with Gasteiger partial charge >= 0.3 is 0 Å². The molecule has 0 bridgehead atoms. The number of carbonyl (C=O) groups excluding carboxylic acids is 2. The Labute approximate surface area is 283 Å². The minimum atomic E-state index is -1.31. The Kier molecular flexibility index (Phi) is 15.3. The van der Waals surface area contributed by atoms with Crippen molar-refractivity contribution in [2.75, 3.05) is 43.1 Å². The number of benzene rings is 2. The van der Waals surface area contributed by atoms with Crippen LogP contribution in [0.1, 0.15) is 44.5 Å². The van der Waals surface area contributed by atoms with Gasteiger partial charge in [0.1, 0.15) is 17.7 Å². The molecule has 13 heteroatoms. The van der Waals surface area contributed by atoms with E-state index in [4.69, 9.17) is 5.73 Å². The lowest BCUT2D eigenvalue weighted by atomic mass is 9.87. The zero-order valence-corrected chi connectivity index (χ0v) is 29.1. The van der Waals surface area contributed by atoms with Gasteiger partial charge in [-0.15, -0.1) is 12.4 Å². The summed E-state index contributed by atoms with van der Waals surface area (Å²) in [6, 6.07) is 12.3. The molecule has 0 fully saturated rings. The Balaban J connectivity index is 0.00000705. The zero-order valence-electron chi connectivity index (χ0n) is 26.5. The molecule has 2 atom stereocenters. The van der Waals surface area contributed by atoms with Crippen molar-refractivity contribution in [1.82, 2.24) is 20.2 Å². The van der Waals surface area contributed by atoms with Crippen LogP contribution < -0.4 is 21.3 Å². The minimum absolute atomic E-state index is 0. The number of aromatic nitrogens is 2. The molecule has 1 aromatic heterocycles. The highest BCUT2D eigenvalue weighted by Gasteiger charge is 2.26. The van der Waals surface area contributed by atoms with Gasteiger partial charge < -0.3 is 31.3 Å². The molecule has 2 unspecified atom stereocenters. The van der Waals surface area contributed by atoms with Crippen LogP contribution in [0.2, 0.25) is 0 Å². The summed E-state index contributed by atoms with van der Waals surface area (Å²) in [7, 11) is 4.03. The molecule has 0 spiro atoms. The molecule has 0 radical (unpaired) electrons. The third-order valence-electron chi connectivity index (χ3n) is 7.70. The highest BCUT2D eigenvalue weighted by atomic mass is 35.5. The first-order chi connectivity index (χ1) is 21.0. The van der Waals surface area contributed by atoms with Crippen LogP contribution in [-0.4, -0.2) is 70.2 Å². The number of hydrogen-bond acceptors (Lipinski definition) is 10. The van der Waals surface area contributed by atoms with E-state index in [1.54, 1.807) is 13.1 Å². The molecule has 0 aliphatic rings. The van der Waals surface area contributed by atoms with Gasteiger partial charge in [-0.1, -0.05) is 31.2 Å². The molecule has 2 amide bonds. The topological polar surface area (TPSA) is 137 Å². The fourth-order valence-corrected chi connectivity index (χ4v) is 5.80. The largest absolute Gasteiger partial charge is 0.383 e. The molecule has 5 N–H and O–H groups in total. The monoisotopic (exact) mass is 675 g/mol. The summed E-state index contributed by atoms with van der Waals surface area (Å²) in [5.74, 6) is 0.288. The van der Waals surface area contributed by atoms with E-state index in [9.17, 15) is 14.7 Å². The summed E-state index contributed by atoms with van der Waals surface area (Å²) in [5.41, 5.74) is 10.2. The predicted octanol–water partition coefficient (Wildman–Crippen LogP) is 4.82. The summed E-state index contributed by atoms with van der Waals surface area (Å²) >= 11 is 8.92. The van der Waals surface area contributed by atoms with Crippen LogP contribution in [0.5, 0.6) is 0 Å². The van der Waals surface area contributed by atoms with Crippen LogP contribution in [-0.2, 0) is 16.1 Å². The molecule has 0 saturated carbocycles. The molecule has 45 heavy (non-hydrogen) atoms. The van der Waals surface area contributed by atoms with Gasteiger partial charge in [0, 0.05) is 77.8 Å². The Morgan fingerprint density at radius 1 is 1.13 bits per heavy atom. The highest BCUT2D eigenvalue weighted by Crippen LogP contribution is 2.32.